The van der Waals surface area contributed by atoms with Gasteiger partial charge in [-0.25, -0.2) is 4.39 Å². The van der Waals surface area contributed by atoms with E-state index in [1.807, 2.05) is 54.6 Å². The topological polar surface area (TPSA) is 70.8 Å². The number of thioether (sulfide) groups is 1. The molecule has 0 aliphatic heterocycles. The van der Waals surface area contributed by atoms with Crippen LogP contribution in [0.15, 0.2) is 89.3 Å². The van der Waals surface area contributed by atoms with Gasteiger partial charge in [0, 0.05) is 17.0 Å². The second-order valence-electron chi connectivity index (χ2n) is 8.02. The fourth-order valence-electron chi connectivity index (χ4n) is 3.71. The van der Waals surface area contributed by atoms with Crippen LogP contribution < -0.4 is 4.90 Å². The van der Waals surface area contributed by atoms with Crippen LogP contribution in [0, 0.1) is 12.7 Å². The maximum Gasteiger partial charge on any atom is 0.313 e. The molecule has 1 N–H and O–H groups in total. The zero-order chi connectivity index (χ0) is 24.8. The Labute approximate surface area is 207 Å². The van der Waals surface area contributed by atoms with E-state index in [1.54, 1.807) is 30.0 Å². The monoisotopic (exact) mass is 489 g/mol. The van der Waals surface area contributed by atoms with Crippen molar-refractivity contribution < 1.29 is 23.5 Å². The number of furan rings is 1. The maximum atomic E-state index is 13.8. The first kappa shape index (κ1) is 24.3. The van der Waals surface area contributed by atoms with Crippen LogP contribution in [-0.2, 0) is 17.1 Å². The van der Waals surface area contributed by atoms with Gasteiger partial charge in [-0.15, -0.1) is 11.8 Å². The van der Waals surface area contributed by atoms with Crippen LogP contribution in [0.3, 0.4) is 0 Å². The second kappa shape index (κ2) is 11.1. The van der Waals surface area contributed by atoms with Crippen molar-refractivity contribution in [3.05, 3.63) is 113 Å². The van der Waals surface area contributed by atoms with Crippen LogP contribution in [0.5, 0.6) is 0 Å². The van der Waals surface area contributed by atoms with Gasteiger partial charge >= 0.3 is 5.97 Å². The normalized spacial score (nSPS) is 10.8. The molecule has 0 saturated heterocycles. The van der Waals surface area contributed by atoms with E-state index in [0.29, 0.717) is 40.6 Å². The average molecular weight is 490 g/mol. The Morgan fingerprint density at radius 3 is 2.37 bits per heavy atom. The number of nitrogens with zero attached hydrogens (tertiary/aromatic N) is 1. The predicted molar refractivity (Wildman–Crippen MR) is 136 cm³/mol. The molecule has 3 aromatic carbocycles. The van der Waals surface area contributed by atoms with Gasteiger partial charge in [-0.2, -0.15) is 0 Å². The minimum Gasteiger partial charge on any atom is -0.481 e. The molecular weight excluding hydrogens is 465 g/mol. The highest BCUT2D eigenvalue weighted by Gasteiger charge is 2.24. The van der Waals surface area contributed by atoms with Gasteiger partial charge in [0.25, 0.3) is 5.91 Å². The van der Waals surface area contributed by atoms with Crippen LogP contribution in [-0.4, -0.2) is 22.7 Å². The van der Waals surface area contributed by atoms with Crippen LogP contribution in [0.2, 0.25) is 0 Å². The lowest BCUT2D eigenvalue weighted by molar-refractivity contribution is -0.133. The van der Waals surface area contributed by atoms with Gasteiger partial charge in [-0.3, -0.25) is 9.59 Å². The van der Waals surface area contributed by atoms with Gasteiger partial charge in [-0.05, 0) is 60.5 Å². The molecule has 7 heteroatoms. The van der Waals surface area contributed by atoms with Crippen molar-refractivity contribution in [2.24, 2.45) is 0 Å². The number of carboxylic acid groups (broad SMARTS) is 1. The number of carboxylic acids is 1. The largest absolute Gasteiger partial charge is 0.481 e. The summed E-state index contributed by atoms with van der Waals surface area (Å²) in [5.74, 6) is 0.0661. The number of rotatable bonds is 9. The van der Waals surface area contributed by atoms with Crippen molar-refractivity contribution >= 4 is 29.3 Å². The van der Waals surface area contributed by atoms with E-state index in [1.165, 1.54) is 23.9 Å². The average Bonchev–Trinajstić information content (AvgIpc) is 3.24. The first-order valence-corrected chi connectivity index (χ1v) is 12.2. The standard InChI is InChI=1S/C28H24FNO4S/c1-19-25(15-26(34-19)22-10-12-23(29)13-11-22)28(33)30(16-20-6-3-2-4-7-20)24-9-5-8-21(14-24)17-35-18-27(31)32/h2-15H,16-18H2,1H3,(H,31,32). The molecule has 0 atom stereocenters. The summed E-state index contributed by atoms with van der Waals surface area (Å²) in [6.07, 6.45) is 0. The molecule has 1 heterocycles. The molecule has 0 spiro atoms. The number of anilines is 1. The highest BCUT2D eigenvalue weighted by Crippen LogP contribution is 2.29. The summed E-state index contributed by atoms with van der Waals surface area (Å²) in [4.78, 5) is 26.4. The molecule has 0 unspecified atom stereocenters. The number of benzene rings is 3. The molecule has 0 saturated carbocycles. The fraction of sp³-hybridized carbons (Fsp3) is 0.143. The van der Waals surface area contributed by atoms with Gasteiger partial charge in [0.05, 0.1) is 17.9 Å². The molecular formula is C28H24FNO4S. The molecule has 1 amide bonds. The van der Waals surface area contributed by atoms with Crippen LogP contribution in [0.4, 0.5) is 10.1 Å². The van der Waals surface area contributed by atoms with Crippen LogP contribution in [0.1, 0.15) is 27.2 Å². The van der Waals surface area contributed by atoms with Gasteiger partial charge in [0.1, 0.15) is 17.3 Å². The molecule has 5 nitrogen and oxygen atoms in total. The van der Waals surface area contributed by atoms with E-state index in [-0.39, 0.29) is 17.5 Å². The SMILES string of the molecule is Cc1oc(-c2ccc(F)cc2)cc1C(=O)N(Cc1ccccc1)c1cccc(CSCC(=O)O)c1. The Morgan fingerprint density at radius 1 is 0.943 bits per heavy atom. The Morgan fingerprint density at radius 2 is 1.66 bits per heavy atom. The molecule has 0 bridgehead atoms. The third-order valence-electron chi connectivity index (χ3n) is 5.42. The van der Waals surface area contributed by atoms with Gasteiger partial charge in [0.15, 0.2) is 0 Å². The summed E-state index contributed by atoms with van der Waals surface area (Å²) >= 11 is 1.30. The number of aryl methyl sites for hydroxylation is 1. The highest BCUT2D eigenvalue weighted by molar-refractivity contribution is 7.99. The molecule has 0 radical (unpaired) electrons. The molecule has 0 fully saturated rings. The number of carbonyl (C=O) groups excluding carboxylic acids is 1. The van der Waals surface area contributed by atoms with Crippen molar-refractivity contribution in [1.29, 1.82) is 0 Å². The molecule has 0 aliphatic carbocycles. The summed E-state index contributed by atoms with van der Waals surface area (Å²) in [6.45, 7) is 2.09. The highest BCUT2D eigenvalue weighted by atomic mass is 32.2. The lowest BCUT2D eigenvalue weighted by atomic mass is 10.1. The Bertz CT molecular complexity index is 1320. The van der Waals surface area contributed by atoms with E-state index in [0.717, 1.165) is 11.1 Å². The van der Waals surface area contributed by atoms with Crippen molar-refractivity contribution in [1.82, 2.24) is 0 Å². The van der Waals surface area contributed by atoms with E-state index in [4.69, 9.17) is 9.52 Å². The third kappa shape index (κ3) is 6.19. The minimum absolute atomic E-state index is 0.0112. The number of aliphatic carboxylic acids is 1. The first-order chi connectivity index (χ1) is 16.9. The molecule has 4 aromatic rings. The summed E-state index contributed by atoms with van der Waals surface area (Å²) in [6, 6.07) is 24.9. The van der Waals surface area contributed by atoms with Crippen LogP contribution in [0.25, 0.3) is 11.3 Å². The Hall–Kier alpha value is -3.84. The van der Waals surface area contributed by atoms with Gasteiger partial charge in [-0.1, -0.05) is 42.5 Å². The zero-order valence-corrected chi connectivity index (χ0v) is 19.9. The minimum atomic E-state index is -0.862. The summed E-state index contributed by atoms with van der Waals surface area (Å²) in [5.41, 5.74) is 3.70. The third-order valence-corrected chi connectivity index (χ3v) is 6.41. The number of amides is 1. The molecule has 178 valence electrons. The number of halogens is 1. The van der Waals surface area contributed by atoms with Gasteiger partial charge in [0.2, 0.25) is 0 Å². The Kier molecular flexibility index (Phi) is 7.67. The number of carbonyl (C=O) groups is 2. The lowest BCUT2D eigenvalue weighted by Crippen LogP contribution is -2.30. The van der Waals surface area contributed by atoms with Crippen molar-refractivity contribution in [2.75, 3.05) is 10.7 Å². The zero-order valence-electron chi connectivity index (χ0n) is 19.1. The summed E-state index contributed by atoms with van der Waals surface area (Å²) in [5, 5.41) is 8.92. The van der Waals surface area contributed by atoms with E-state index in [9.17, 15) is 14.0 Å². The predicted octanol–water partition coefficient (Wildman–Crippen LogP) is 6.56. The second-order valence-corrected chi connectivity index (χ2v) is 9.01. The smallest absolute Gasteiger partial charge is 0.313 e. The maximum absolute atomic E-state index is 13.8. The summed E-state index contributed by atoms with van der Waals surface area (Å²) < 4.78 is 19.2. The quantitative estimate of drug-likeness (QED) is 0.288. The first-order valence-electron chi connectivity index (χ1n) is 11.0. The molecule has 35 heavy (non-hydrogen) atoms. The summed E-state index contributed by atoms with van der Waals surface area (Å²) in [7, 11) is 0. The van der Waals surface area contributed by atoms with E-state index < -0.39 is 5.97 Å². The fourth-order valence-corrected chi connectivity index (χ4v) is 4.40. The van der Waals surface area contributed by atoms with Crippen molar-refractivity contribution in [2.45, 2.75) is 19.2 Å². The molecule has 1 aromatic heterocycles. The number of hydrogen-bond acceptors (Lipinski definition) is 4. The molecule has 4 rings (SSSR count). The number of hydrogen-bond donors (Lipinski definition) is 1. The van der Waals surface area contributed by atoms with Crippen molar-refractivity contribution in [3.8, 4) is 11.3 Å². The van der Waals surface area contributed by atoms with Gasteiger partial charge < -0.3 is 14.4 Å². The van der Waals surface area contributed by atoms with Crippen LogP contribution >= 0.6 is 11.8 Å². The Balaban J connectivity index is 1.66. The molecule has 0 aliphatic rings. The van der Waals surface area contributed by atoms with E-state index >= 15 is 0 Å². The van der Waals surface area contributed by atoms with Crippen molar-refractivity contribution in [3.63, 3.8) is 0 Å². The van der Waals surface area contributed by atoms with E-state index in [2.05, 4.69) is 0 Å². The lowest BCUT2D eigenvalue weighted by Gasteiger charge is -2.23.